The number of hydrogen-bond acceptors (Lipinski definition) is 4. The highest BCUT2D eigenvalue weighted by Crippen LogP contribution is 2.32. The van der Waals surface area contributed by atoms with Crippen LogP contribution in [0.15, 0.2) is 11.2 Å². The summed E-state index contributed by atoms with van der Waals surface area (Å²) in [7, 11) is 0.203. The summed E-state index contributed by atoms with van der Waals surface area (Å²) in [5.41, 5.74) is -0.316. The second kappa shape index (κ2) is 4.30. The molecule has 0 atom stereocenters. The van der Waals surface area contributed by atoms with Gasteiger partial charge in [0.05, 0.1) is 0 Å². The highest BCUT2D eigenvalue weighted by Gasteiger charge is 2.35. The Balaban J connectivity index is 3.41. The van der Waals surface area contributed by atoms with Crippen molar-refractivity contribution in [3.8, 4) is 5.75 Å². The zero-order valence-corrected chi connectivity index (χ0v) is 9.62. The normalized spacial score (nSPS) is 12.6. The van der Waals surface area contributed by atoms with Crippen LogP contribution in [0.2, 0.25) is 0 Å². The Hall–Kier alpha value is -1.09. The first-order valence-electron chi connectivity index (χ1n) is 3.88. The first kappa shape index (κ1) is 14.0. The largest absolute Gasteiger partial charge is 0.573 e. The highest BCUT2D eigenvalue weighted by atomic mass is 35.7. The van der Waals surface area contributed by atoms with Crippen LogP contribution in [0, 0.1) is 12.7 Å². The molecular weight excluding hydrogens is 290 g/mol. The molecule has 96 valence electrons. The minimum Gasteiger partial charge on any atom is -0.402 e. The Labute approximate surface area is 97.6 Å². The molecule has 0 aliphatic heterocycles. The number of halogens is 5. The molecule has 0 amide bonds. The molecular formula is C7H4ClF4NO3S. The van der Waals surface area contributed by atoms with Crippen LogP contribution in [0.3, 0.4) is 0 Å². The van der Waals surface area contributed by atoms with Crippen LogP contribution < -0.4 is 4.74 Å². The average molecular weight is 294 g/mol. The van der Waals surface area contributed by atoms with Crippen LogP contribution in [0.5, 0.6) is 5.75 Å². The molecule has 0 saturated heterocycles. The van der Waals surface area contributed by atoms with E-state index in [1.807, 2.05) is 0 Å². The van der Waals surface area contributed by atoms with E-state index < -0.39 is 32.0 Å². The molecule has 1 aromatic heterocycles. The van der Waals surface area contributed by atoms with Crippen molar-refractivity contribution >= 4 is 19.7 Å². The van der Waals surface area contributed by atoms with E-state index in [-0.39, 0.29) is 5.56 Å². The van der Waals surface area contributed by atoms with Gasteiger partial charge in [0.25, 0.3) is 9.05 Å². The molecule has 1 aromatic rings. The molecule has 0 saturated carbocycles. The van der Waals surface area contributed by atoms with E-state index in [1.54, 1.807) is 0 Å². The lowest BCUT2D eigenvalue weighted by Crippen LogP contribution is -2.19. The van der Waals surface area contributed by atoms with Gasteiger partial charge in [-0.05, 0) is 6.92 Å². The maximum absolute atomic E-state index is 13.4. The van der Waals surface area contributed by atoms with Gasteiger partial charge < -0.3 is 4.74 Å². The Morgan fingerprint density at radius 1 is 1.41 bits per heavy atom. The van der Waals surface area contributed by atoms with Crippen molar-refractivity contribution in [1.29, 1.82) is 0 Å². The van der Waals surface area contributed by atoms with E-state index in [9.17, 15) is 26.0 Å². The molecule has 0 bridgehead atoms. The Kier molecular flexibility index (Phi) is 3.53. The fourth-order valence-corrected chi connectivity index (χ4v) is 1.76. The molecule has 0 aromatic carbocycles. The quantitative estimate of drug-likeness (QED) is 0.620. The zero-order valence-electron chi connectivity index (χ0n) is 8.05. The molecule has 10 heteroatoms. The number of rotatable bonds is 2. The third-order valence-corrected chi connectivity index (χ3v) is 2.75. The summed E-state index contributed by atoms with van der Waals surface area (Å²) < 4.78 is 74.2. The number of nitrogens with zero attached hydrogens (tertiary/aromatic N) is 1. The van der Waals surface area contributed by atoms with E-state index in [1.165, 1.54) is 0 Å². The molecule has 17 heavy (non-hydrogen) atoms. The molecule has 0 radical (unpaired) electrons. The molecule has 0 N–H and O–H groups in total. The van der Waals surface area contributed by atoms with Crippen molar-refractivity contribution in [3.63, 3.8) is 0 Å². The van der Waals surface area contributed by atoms with Crippen molar-refractivity contribution in [2.24, 2.45) is 0 Å². The van der Waals surface area contributed by atoms with Gasteiger partial charge in [0.15, 0.2) is 5.75 Å². The van der Waals surface area contributed by atoms with Crippen LogP contribution >= 0.6 is 10.7 Å². The fourth-order valence-electron chi connectivity index (χ4n) is 0.952. The minimum absolute atomic E-state index is 0.316. The predicted molar refractivity (Wildman–Crippen MR) is 48.7 cm³/mol. The Morgan fingerprint density at radius 2 is 1.94 bits per heavy atom. The molecule has 0 unspecified atom stereocenters. The number of hydrogen-bond donors (Lipinski definition) is 0. The third-order valence-electron chi connectivity index (χ3n) is 1.57. The van der Waals surface area contributed by atoms with Crippen LogP contribution in [-0.2, 0) is 9.05 Å². The molecule has 1 heterocycles. The van der Waals surface area contributed by atoms with Gasteiger partial charge in [0, 0.05) is 22.4 Å². The molecule has 0 fully saturated rings. The van der Waals surface area contributed by atoms with Crippen molar-refractivity contribution in [3.05, 3.63) is 17.6 Å². The van der Waals surface area contributed by atoms with Crippen LogP contribution in [0.4, 0.5) is 17.6 Å². The molecule has 4 nitrogen and oxygen atoms in total. The topological polar surface area (TPSA) is 56.3 Å². The van der Waals surface area contributed by atoms with Crippen molar-refractivity contribution in [1.82, 2.24) is 4.98 Å². The van der Waals surface area contributed by atoms with Crippen LogP contribution in [0.25, 0.3) is 0 Å². The van der Waals surface area contributed by atoms with Crippen molar-refractivity contribution in [2.75, 3.05) is 0 Å². The second-order valence-electron chi connectivity index (χ2n) is 2.88. The number of pyridine rings is 1. The standard InChI is InChI=1S/C7H4ClF4NO3S/c1-3-2-13-6(17(8,14)15)4(9)5(3)16-7(10,11)12/h2H,1H3. The number of aromatic nitrogens is 1. The highest BCUT2D eigenvalue weighted by molar-refractivity contribution is 8.13. The van der Waals surface area contributed by atoms with Gasteiger partial charge in [-0.3, -0.25) is 0 Å². The summed E-state index contributed by atoms with van der Waals surface area (Å²) >= 11 is 0. The summed E-state index contributed by atoms with van der Waals surface area (Å²) in [5, 5.41) is -1.32. The minimum atomic E-state index is -5.15. The molecule has 0 aliphatic rings. The first-order chi connectivity index (χ1) is 7.52. The summed E-state index contributed by atoms with van der Waals surface area (Å²) in [4.78, 5) is 3.10. The second-order valence-corrected chi connectivity index (χ2v) is 5.36. The van der Waals surface area contributed by atoms with E-state index in [2.05, 4.69) is 9.72 Å². The lowest BCUT2D eigenvalue weighted by Gasteiger charge is -2.12. The van der Waals surface area contributed by atoms with Gasteiger partial charge in [-0.15, -0.1) is 13.2 Å². The third kappa shape index (κ3) is 3.43. The summed E-state index contributed by atoms with van der Waals surface area (Å²) in [6.45, 7) is 1.07. The van der Waals surface area contributed by atoms with E-state index in [0.717, 1.165) is 6.92 Å². The maximum Gasteiger partial charge on any atom is 0.573 e. The van der Waals surface area contributed by atoms with Crippen LogP contribution in [-0.4, -0.2) is 19.8 Å². The SMILES string of the molecule is Cc1cnc(S(=O)(=O)Cl)c(F)c1OC(F)(F)F. The number of ether oxygens (including phenoxy) is 1. The summed E-state index contributed by atoms with van der Waals surface area (Å²) in [5.74, 6) is -3.05. The van der Waals surface area contributed by atoms with Crippen molar-refractivity contribution in [2.45, 2.75) is 18.3 Å². The maximum atomic E-state index is 13.4. The van der Waals surface area contributed by atoms with Gasteiger partial charge in [0.2, 0.25) is 10.8 Å². The summed E-state index contributed by atoms with van der Waals surface area (Å²) in [6.07, 6.45) is -4.44. The lowest BCUT2D eigenvalue weighted by molar-refractivity contribution is -0.276. The smallest absolute Gasteiger partial charge is 0.402 e. The fraction of sp³-hybridized carbons (Fsp3) is 0.286. The van der Waals surface area contributed by atoms with Gasteiger partial charge in [-0.2, -0.15) is 4.39 Å². The number of aryl methyl sites for hydroxylation is 1. The average Bonchev–Trinajstić information content (AvgIpc) is 2.08. The van der Waals surface area contributed by atoms with Crippen molar-refractivity contribution < 1.29 is 30.7 Å². The van der Waals surface area contributed by atoms with Gasteiger partial charge in [-0.1, -0.05) is 0 Å². The van der Waals surface area contributed by atoms with E-state index in [4.69, 9.17) is 10.7 Å². The predicted octanol–water partition coefficient (Wildman–Crippen LogP) is 2.36. The van der Waals surface area contributed by atoms with Crippen LogP contribution in [0.1, 0.15) is 5.56 Å². The first-order valence-corrected chi connectivity index (χ1v) is 6.19. The molecule has 1 rings (SSSR count). The Morgan fingerprint density at radius 3 is 2.35 bits per heavy atom. The van der Waals surface area contributed by atoms with E-state index in [0.29, 0.717) is 6.20 Å². The monoisotopic (exact) mass is 293 g/mol. The molecule has 0 spiro atoms. The van der Waals surface area contributed by atoms with Gasteiger partial charge >= 0.3 is 6.36 Å². The number of alkyl halides is 3. The molecule has 0 aliphatic carbocycles. The van der Waals surface area contributed by atoms with E-state index >= 15 is 0 Å². The van der Waals surface area contributed by atoms with Gasteiger partial charge in [0.1, 0.15) is 0 Å². The van der Waals surface area contributed by atoms with Gasteiger partial charge in [-0.25, -0.2) is 13.4 Å². The summed E-state index contributed by atoms with van der Waals surface area (Å²) in [6, 6.07) is 0. The lowest BCUT2D eigenvalue weighted by atomic mass is 10.3. The Bertz CT molecular complexity index is 543. The zero-order chi connectivity index (χ0) is 13.4.